The van der Waals surface area contributed by atoms with E-state index in [1.165, 1.54) is 24.4 Å². The SMILES string of the molecule is CCOc1cc(C)cc(-c2ccc(C(=O)NS(=O)(=O)c3ccc[nH]c3=O)c(Oc3c(C)cc(C)cc3C)n2)n1.[HH].[HH]. The third-order valence-corrected chi connectivity index (χ3v) is 7.06. The number of ether oxygens (including phenoxy) is 2. The first-order chi connectivity index (χ1) is 18.5. The monoisotopic (exact) mass is 552 g/mol. The molecule has 4 aromatic rings. The van der Waals surface area contributed by atoms with E-state index in [9.17, 15) is 18.0 Å². The number of amides is 1. The maximum absolute atomic E-state index is 13.3. The van der Waals surface area contributed by atoms with E-state index in [0.29, 0.717) is 29.6 Å². The molecular formula is C28H32N4O6S. The maximum atomic E-state index is 13.3. The number of carbonyl (C=O) groups is 1. The normalized spacial score (nSPS) is 11.2. The topological polar surface area (TPSA) is 140 Å². The summed E-state index contributed by atoms with van der Waals surface area (Å²) in [5.74, 6) is -0.239. The van der Waals surface area contributed by atoms with Crippen molar-refractivity contribution in [2.45, 2.75) is 39.5 Å². The summed E-state index contributed by atoms with van der Waals surface area (Å²) in [5, 5.41) is 0. The van der Waals surface area contributed by atoms with Crippen molar-refractivity contribution in [3.63, 3.8) is 0 Å². The Morgan fingerprint density at radius 1 is 0.974 bits per heavy atom. The number of sulfonamides is 1. The number of aromatic nitrogens is 3. The number of H-pyrrole nitrogens is 1. The third-order valence-electron chi connectivity index (χ3n) is 5.71. The highest BCUT2D eigenvalue weighted by molar-refractivity contribution is 7.90. The minimum Gasteiger partial charge on any atom is -0.478 e. The fourth-order valence-electron chi connectivity index (χ4n) is 4.10. The Morgan fingerprint density at radius 2 is 1.67 bits per heavy atom. The summed E-state index contributed by atoms with van der Waals surface area (Å²) in [4.78, 5) is 36.1. The van der Waals surface area contributed by atoms with Crippen molar-refractivity contribution in [2.24, 2.45) is 0 Å². The van der Waals surface area contributed by atoms with Crippen LogP contribution in [-0.2, 0) is 10.0 Å². The van der Waals surface area contributed by atoms with Crippen molar-refractivity contribution in [3.05, 3.63) is 92.9 Å². The van der Waals surface area contributed by atoms with Gasteiger partial charge >= 0.3 is 0 Å². The molecule has 11 heteroatoms. The standard InChI is InChI=1S/C28H28N4O6S.2H2/c1-6-37-24-15-17(3)14-22(30-24)21-10-9-20(26(33)32-39(35,36)23-8-7-11-29-27(23)34)28(31-21)38-25-18(4)12-16(2)13-19(25)5;;/h7-15H,6H2,1-5H3,(H,29,34)(H,32,33);2*1H. The summed E-state index contributed by atoms with van der Waals surface area (Å²) >= 11 is 0. The van der Waals surface area contributed by atoms with E-state index in [1.54, 1.807) is 6.07 Å². The zero-order valence-corrected chi connectivity index (χ0v) is 23.0. The number of nitrogens with one attached hydrogen (secondary N) is 2. The lowest BCUT2D eigenvalue weighted by Crippen LogP contribution is -2.34. The van der Waals surface area contributed by atoms with E-state index >= 15 is 0 Å². The number of aryl methyl sites for hydroxylation is 4. The molecule has 1 aromatic carbocycles. The molecule has 4 rings (SSSR count). The quantitative estimate of drug-likeness (QED) is 0.316. The van der Waals surface area contributed by atoms with Gasteiger partial charge in [-0.1, -0.05) is 17.7 Å². The van der Waals surface area contributed by atoms with Crippen molar-refractivity contribution in [1.82, 2.24) is 19.7 Å². The molecule has 0 aliphatic carbocycles. The number of hydrogen-bond acceptors (Lipinski definition) is 8. The molecule has 0 fully saturated rings. The number of carbonyl (C=O) groups excluding carboxylic acids is 1. The molecule has 0 saturated carbocycles. The molecule has 39 heavy (non-hydrogen) atoms. The fraction of sp³-hybridized carbons (Fsp3) is 0.214. The highest BCUT2D eigenvalue weighted by Crippen LogP contribution is 2.33. The summed E-state index contributed by atoms with van der Waals surface area (Å²) in [5.41, 5.74) is 3.40. The van der Waals surface area contributed by atoms with Crippen molar-refractivity contribution in [3.8, 4) is 28.9 Å². The van der Waals surface area contributed by atoms with Gasteiger partial charge in [-0.2, -0.15) is 0 Å². The summed E-state index contributed by atoms with van der Waals surface area (Å²) in [6, 6.07) is 12.8. The largest absolute Gasteiger partial charge is 0.478 e. The fourth-order valence-corrected chi connectivity index (χ4v) is 5.12. The Bertz CT molecular complexity index is 1720. The Kier molecular flexibility index (Phi) is 7.82. The van der Waals surface area contributed by atoms with Gasteiger partial charge in [-0.3, -0.25) is 9.59 Å². The van der Waals surface area contributed by atoms with Crippen molar-refractivity contribution in [1.29, 1.82) is 0 Å². The van der Waals surface area contributed by atoms with Crippen LogP contribution in [0.25, 0.3) is 11.4 Å². The van der Waals surface area contributed by atoms with Crippen LogP contribution in [0.15, 0.2) is 64.4 Å². The van der Waals surface area contributed by atoms with Crippen molar-refractivity contribution < 1.29 is 25.5 Å². The molecule has 3 heterocycles. The van der Waals surface area contributed by atoms with Gasteiger partial charge in [0.05, 0.1) is 18.0 Å². The summed E-state index contributed by atoms with van der Waals surface area (Å²) in [6.45, 7) is 9.86. The smallest absolute Gasteiger partial charge is 0.270 e. The van der Waals surface area contributed by atoms with E-state index in [2.05, 4.69) is 15.0 Å². The van der Waals surface area contributed by atoms with Gasteiger partial charge in [0.15, 0.2) is 4.90 Å². The van der Waals surface area contributed by atoms with Gasteiger partial charge in [0, 0.05) is 15.1 Å². The summed E-state index contributed by atoms with van der Waals surface area (Å²) in [7, 11) is -4.49. The lowest BCUT2D eigenvalue weighted by Gasteiger charge is -2.16. The molecule has 0 aliphatic rings. The molecule has 0 saturated heterocycles. The zero-order valence-electron chi connectivity index (χ0n) is 22.2. The van der Waals surface area contributed by atoms with Gasteiger partial charge in [-0.15, -0.1) is 0 Å². The van der Waals surface area contributed by atoms with Gasteiger partial charge in [-0.05, 0) is 81.6 Å². The zero-order chi connectivity index (χ0) is 28.3. The van der Waals surface area contributed by atoms with Crippen molar-refractivity contribution in [2.75, 3.05) is 6.61 Å². The first kappa shape index (κ1) is 27.5. The second-order valence-corrected chi connectivity index (χ2v) is 10.6. The minimum atomic E-state index is -4.49. The molecule has 0 radical (unpaired) electrons. The van der Waals surface area contributed by atoms with Gasteiger partial charge < -0.3 is 14.5 Å². The van der Waals surface area contributed by atoms with Crippen LogP contribution in [0.4, 0.5) is 0 Å². The van der Waals surface area contributed by atoms with E-state index in [4.69, 9.17) is 9.47 Å². The average Bonchev–Trinajstić information content (AvgIpc) is 2.85. The third kappa shape index (κ3) is 6.15. The number of hydrogen-bond donors (Lipinski definition) is 2. The van der Waals surface area contributed by atoms with E-state index < -0.39 is 26.4 Å². The minimum absolute atomic E-state index is 0. The molecule has 3 aromatic heterocycles. The second kappa shape index (κ2) is 11.1. The highest BCUT2D eigenvalue weighted by atomic mass is 32.2. The van der Waals surface area contributed by atoms with Gasteiger partial charge in [0.1, 0.15) is 11.3 Å². The van der Waals surface area contributed by atoms with E-state index in [1.807, 2.05) is 57.5 Å². The molecule has 206 valence electrons. The van der Waals surface area contributed by atoms with Crippen LogP contribution < -0.4 is 19.8 Å². The Hall–Kier alpha value is -4.51. The predicted octanol–water partition coefficient (Wildman–Crippen LogP) is 4.87. The number of benzene rings is 1. The van der Waals surface area contributed by atoms with E-state index in [-0.39, 0.29) is 14.3 Å². The van der Waals surface area contributed by atoms with Crippen molar-refractivity contribution >= 4 is 15.9 Å². The molecule has 0 atom stereocenters. The van der Waals surface area contributed by atoms with Gasteiger partial charge in [0.2, 0.25) is 11.8 Å². The molecule has 0 unspecified atom stereocenters. The number of aromatic amines is 1. The summed E-state index contributed by atoms with van der Waals surface area (Å²) in [6.07, 6.45) is 1.29. The number of rotatable bonds is 8. The van der Waals surface area contributed by atoms with E-state index in [0.717, 1.165) is 28.3 Å². The van der Waals surface area contributed by atoms with Gasteiger partial charge in [0.25, 0.3) is 21.5 Å². The summed E-state index contributed by atoms with van der Waals surface area (Å²) < 4.78 is 39.4. The van der Waals surface area contributed by atoms with Crippen LogP contribution in [-0.4, -0.2) is 35.9 Å². The Morgan fingerprint density at radius 3 is 2.33 bits per heavy atom. The first-order valence-electron chi connectivity index (χ1n) is 12.1. The Balaban J connectivity index is 0.00000294. The molecule has 10 nitrogen and oxygen atoms in total. The lowest BCUT2D eigenvalue weighted by atomic mass is 10.1. The van der Waals surface area contributed by atoms with Crippen LogP contribution in [0.5, 0.6) is 17.5 Å². The molecule has 2 N–H and O–H groups in total. The predicted molar refractivity (Wildman–Crippen MR) is 150 cm³/mol. The van der Waals surface area contributed by atoms with Crippen LogP contribution >= 0.6 is 0 Å². The highest BCUT2D eigenvalue weighted by Gasteiger charge is 2.25. The van der Waals surface area contributed by atoms with Crippen LogP contribution in [0.1, 0.15) is 42.4 Å². The second-order valence-electron chi connectivity index (χ2n) is 8.98. The molecule has 1 amide bonds. The lowest BCUT2D eigenvalue weighted by molar-refractivity contribution is 0.0978. The molecular weight excluding hydrogens is 520 g/mol. The average molecular weight is 553 g/mol. The molecule has 0 spiro atoms. The number of nitrogens with zero attached hydrogens (tertiary/aromatic N) is 2. The maximum Gasteiger partial charge on any atom is 0.270 e. The Labute approximate surface area is 229 Å². The van der Waals surface area contributed by atoms with Crippen LogP contribution in [0.3, 0.4) is 0 Å². The number of pyridine rings is 3. The first-order valence-corrected chi connectivity index (χ1v) is 13.6. The molecule has 0 aliphatic heterocycles. The molecule has 0 bridgehead atoms. The van der Waals surface area contributed by atoms with Crippen LogP contribution in [0.2, 0.25) is 0 Å². The van der Waals surface area contributed by atoms with Crippen LogP contribution in [0, 0.1) is 27.7 Å². The van der Waals surface area contributed by atoms with Gasteiger partial charge in [-0.25, -0.2) is 23.1 Å².